The number of rotatable bonds is 2. The molecular weight excluding hydrogens is 205 g/mol. The molecule has 1 aromatic heterocycles. The van der Waals surface area contributed by atoms with Gasteiger partial charge in [0.1, 0.15) is 0 Å². The van der Waals surface area contributed by atoms with Crippen LogP contribution in [0.5, 0.6) is 0 Å². The van der Waals surface area contributed by atoms with Crippen molar-refractivity contribution in [3.05, 3.63) is 29.3 Å². The van der Waals surface area contributed by atoms with Gasteiger partial charge in [-0.3, -0.25) is 4.90 Å². The summed E-state index contributed by atoms with van der Waals surface area (Å²) in [6, 6.07) is 3.72. The Bertz CT molecular complexity index is 407. The first-order valence-corrected chi connectivity index (χ1v) is 5.72. The smallest absolute Gasteiger partial charge is 0.216 e. The molecule has 0 atom stereocenters. The number of halogens is 1. The molecule has 1 N–H and O–H groups in total. The van der Waals surface area contributed by atoms with Gasteiger partial charge in [0.05, 0.1) is 5.69 Å². The highest BCUT2D eigenvalue weighted by atomic mass is 19.1. The lowest BCUT2D eigenvalue weighted by atomic mass is 9.74. The molecule has 0 amide bonds. The molecule has 0 aliphatic carbocycles. The second-order valence-corrected chi connectivity index (χ2v) is 5.16. The van der Waals surface area contributed by atoms with E-state index in [0.29, 0.717) is 11.0 Å². The Morgan fingerprint density at radius 2 is 2.19 bits per heavy atom. The fourth-order valence-electron chi connectivity index (χ4n) is 2.57. The highest BCUT2D eigenvalue weighted by Crippen LogP contribution is 2.34. The Labute approximate surface area is 94.7 Å². The van der Waals surface area contributed by atoms with E-state index >= 15 is 0 Å². The SMILES string of the molecule is Cc1ccc(CN2CC3(CNC3)C2)nc1F. The van der Waals surface area contributed by atoms with Crippen molar-refractivity contribution < 1.29 is 4.39 Å². The molecule has 3 heterocycles. The highest BCUT2D eigenvalue weighted by molar-refractivity contribution is 5.15. The predicted molar refractivity (Wildman–Crippen MR) is 59.5 cm³/mol. The first-order chi connectivity index (χ1) is 7.67. The van der Waals surface area contributed by atoms with E-state index in [2.05, 4.69) is 15.2 Å². The molecule has 16 heavy (non-hydrogen) atoms. The molecule has 2 saturated heterocycles. The lowest BCUT2D eigenvalue weighted by Crippen LogP contribution is -2.70. The van der Waals surface area contributed by atoms with E-state index in [0.717, 1.165) is 38.4 Å². The number of aromatic nitrogens is 1. The van der Waals surface area contributed by atoms with Crippen LogP contribution in [0.15, 0.2) is 12.1 Å². The van der Waals surface area contributed by atoms with Crippen LogP contribution in [0.2, 0.25) is 0 Å². The predicted octanol–water partition coefficient (Wildman–Crippen LogP) is 0.934. The summed E-state index contributed by atoms with van der Waals surface area (Å²) < 4.78 is 13.2. The second kappa shape index (κ2) is 3.50. The summed E-state index contributed by atoms with van der Waals surface area (Å²) >= 11 is 0. The van der Waals surface area contributed by atoms with Gasteiger partial charge in [0.15, 0.2) is 0 Å². The van der Waals surface area contributed by atoms with Crippen LogP contribution in [0.25, 0.3) is 0 Å². The molecule has 2 aliphatic heterocycles. The summed E-state index contributed by atoms with van der Waals surface area (Å²) in [7, 11) is 0. The lowest BCUT2D eigenvalue weighted by molar-refractivity contribution is -0.0451. The van der Waals surface area contributed by atoms with Crippen LogP contribution in [-0.2, 0) is 6.54 Å². The van der Waals surface area contributed by atoms with E-state index in [1.165, 1.54) is 0 Å². The van der Waals surface area contributed by atoms with Gasteiger partial charge in [-0.25, -0.2) is 4.98 Å². The van der Waals surface area contributed by atoms with E-state index in [4.69, 9.17) is 0 Å². The zero-order chi connectivity index (χ0) is 11.2. The van der Waals surface area contributed by atoms with Gasteiger partial charge >= 0.3 is 0 Å². The Balaban J connectivity index is 1.60. The molecule has 3 nitrogen and oxygen atoms in total. The average Bonchev–Trinajstić information content (AvgIpc) is 2.13. The molecule has 4 heteroatoms. The summed E-state index contributed by atoms with van der Waals surface area (Å²) in [4.78, 5) is 6.29. The molecule has 0 aromatic carbocycles. The third-order valence-corrected chi connectivity index (χ3v) is 3.60. The van der Waals surface area contributed by atoms with E-state index in [9.17, 15) is 4.39 Å². The summed E-state index contributed by atoms with van der Waals surface area (Å²) in [6.07, 6.45) is 0. The van der Waals surface area contributed by atoms with Crippen LogP contribution in [-0.4, -0.2) is 36.1 Å². The van der Waals surface area contributed by atoms with Crippen LogP contribution in [0.4, 0.5) is 4.39 Å². The molecule has 1 spiro atoms. The number of hydrogen-bond acceptors (Lipinski definition) is 3. The van der Waals surface area contributed by atoms with Gasteiger partial charge in [0, 0.05) is 43.7 Å². The van der Waals surface area contributed by atoms with Crippen molar-refractivity contribution in [1.29, 1.82) is 0 Å². The fraction of sp³-hybridized carbons (Fsp3) is 0.583. The number of likely N-dealkylation sites (tertiary alicyclic amines) is 1. The molecule has 2 aliphatic rings. The van der Waals surface area contributed by atoms with Crippen molar-refractivity contribution in [3.63, 3.8) is 0 Å². The van der Waals surface area contributed by atoms with Crippen molar-refractivity contribution in [1.82, 2.24) is 15.2 Å². The van der Waals surface area contributed by atoms with Gasteiger partial charge in [0.25, 0.3) is 0 Å². The maximum Gasteiger partial charge on any atom is 0.216 e. The molecule has 86 valence electrons. The molecule has 0 saturated carbocycles. The van der Waals surface area contributed by atoms with E-state index in [1.807, 2.05) is 6.07 Å². The first kappa shape index (κ1) is 10.2. The zero-order valence-corrected chi connectivity index (χ0v) is 9.46. The van der Waals surface area contributed by atoms with Gasteiger partial charge in [-0.1, -0.05) is 6.07 Å². The molecule has 1 aromatic rings. The van der Waals surface area contributed by atoms with Crippen LogP contribution in [0, 0.1) is 18.3 Å². The summed E-state index contributed by atoms with van der Waals surface area (Å²) in [5.41, 5.74) is 1.99. The van der Waals surface area contributed by atoms with Gasteiger partial charge < -0.3 is 5.32 Å². The third kappa shape index (κ3) is 1.62. The number of pyridine rings is 1. The monoisotopic (exact) mass is 221 g/mol. The standard InChI is InChI=1S/C12H16FN3/c1-9-2-3-10(15-11(9)13)4-16-7-12(8-16)5-14-6-12/h2-3,14H,4-8H2,1H3. The van der Waals surface area contributed by atoms with Crippen molar-refractivity contribution in [2.45, 2.75) is 13.5 Å². The van der Waals surface area contributed by atoms with Gasteiger partial charge in [0.2, 0.25) is 5.95 Å². The topological polar surface area (TPSA) is 28.2 Å². The number of aryl methyl sites for hydroxylation is 1. The van der Waals surface area contributed by atoms with E-state index in [1.54, 1.807) is 13.0 Å². The second-order valence-electron chi connectivity index (χ2n) is 5.16. The maximum absolute atomic E-state index is 13.2. The Kier molecular flexibility index (Phi) is 2.23. The van der Waals surface area contributed by atoms with E-state index in [-0.39, 0.29) is 5.95 Å². The lowest BCUT2D eigenvalue weighted by Gasteiger charge is -2.56. The molecule has 0 radical (unpaired) electrons. The molecule has 2 fully saturated rings. The molecule has 0 unspecified atom stereocenters. The molecule has 0 bridgehead atoms. The summed E-state index contributed by atoms with van der Waals surface area (Å²) in [5, 5.41) is 3.30. The molecular formula is C12H16FN3. The van der Waals surface area contributed by atoms with Crippen molar-refractivity contribution in [2.24, 2.45) is 5.41 Å². The highest BCUT2D eigenvalue weighted by Gasteiger charge is 2.47. The van der Waals surface area contributed by atoms with Gasteiger partial charge in [-0.2, -0.15) is 4.39 Å². The zero-order valence-electron chi connectivity index (χ0n) is 9.46. The van der Waals surface area contributed by atoms with Crippen LogP contribution >= 0.6 is 0 Å². The number of nitrogens with one attached hydrogen (secondary N) is 1. The third-order valence-electron chi connectivity index (χ3n) is 3.60. The van der Waals surface area contributed by atoms with E-state index < -0.39 is 0 Å². The minimum atomic E-state index is -0.335. The van der Waals surface area contributed by atoms with Crippen molar-refractivity contribution >= 4 is 0 Å². The number of hydrogen-bond donors (Lipinski definition) is 1. The largest absolute Gasteiger partial charge is 0.315 e. The normalized spacial score (nSPS) is 22.9. The quantitative estimate of drug-likeness (QED) is 0.753. The Morgan fingerprint density at radius 1 is 1.44 bits per heavy atom. The summed E-state index contributed by atoms with van der Waals surface area (Å²) in [6.45, 7) is 7.04. The first-order valence-electron chi connectivity index (χ1n) is 5.72. The minimum absolute atomic E-state index is 0.335. The van der Waals surface area contributed by atoms with Gasteiger partial charge in [-0.05, 0) is 13.0 Å². The van der Waals surface area contributed by atoms with Crippen LogP contribution < -0.4 is 5.32 Å². The van der Waals surface area contributed by atoms with Crippen molar-refractivity contribution in [3.8, 4) is 0 Å². The Morgan fingerprint density at radius 3 is 2.75 bits per heavy atom. The maximum atomic E-state index is 13.2. The minimum Gasteiger partial charge on any atom is -0.315 e. The van der Waals surface area contributed by atoms with Gasteiger partial charge in [-0.15, -0.1) is 0 Å². The Hall–Kier alpha value is -1.00. The van der Waals surface area contributed by atoms with Crippen LogP contribution in [0.3, 0.4) is 0 Å². The average molecular weight is 221 g/mol. The fourth-order valence-corrected chi connectivity index (χ4v) is 2.57. The van der Waals surface area contributed by atoms with Crippen molar-refractivity contribution in [2.75, 3.05) is 26.2 Å². The van der Waals surface area contributed by atoms with Crippen LogP contribution in [0.1, 0.15) is 11.3 Å². The summed E-state index contributed by atoms with van der Waals surface area (Å²) in [5.74, 6) is -0.335. The number of nitrogens with zero attached hydrogens (tertiary/aromatic N) is 2. The molecule has 3 rings (SSSR count).